The van der Waals surface area contributed by atoms with E-state index in [0.29, 0.717) is 6.07 Å². The Labute approximate surface area is 188 Å². The minimum Gasteiger partial charge on any atom is -0.190 e. The Morgan fingerprint density at radius 2 is 1.29 bits per heavy atom. The first-order valence-corrected chi connectivity index (χ1v) is 14.1. The monoisotopic (exact) mass is 562 g/mol. The van der Waals surface area contributed by atoms with Crippen molar-refractivity contribution in [2.75, 3.05) is 0 Å². The molecule has 3 nitrogen and oxygen atoms in total. The maximum Gasteiger partial charge on any atom is 0.416 e. The summed E-state index contributed by atoms with van der Waals surface area (Å²) in [5.74, 6) is 0. The zero-order chi connectivity index (χ0) is 22.6. The third kappa shape index (κ3) is 5.87. The van der Waals surface area contributed by atoms with Gasteiger partial charge in [0.2, 0.25) is 0 Å². The van der Waals surface area contributed by atoms with Gasteiger partial charge in [0.25, 0.3) is 0 Å². The number of rotatable bonds is 7. The van der Waals surface area contributed by atoms with E-state index in [1.54, 1.807) is 0 Å². The highest BCUT2D eigenvalue weighted by Crippen LogP contribution is 2.30. The van der Waals surface area contributed by atoms with Gasteiger partial charge in [-0.3, -0.25) is 0 Å². The van der Waals surface area contributed by atoms with Gasteiger partial charge in [-0.05, 0) is 68.9 Å². The lowest BCUT2D eigenvalue weighted by atomic mass is 10.2. The normalized spacial score (nSPS) is 12.3. The largest absolute Gasteiger partial charge is 0.416 e. The van der Waals surface area contributed by atoms with E-state index in [1.807, 2.05) is 62.4 Å². The van der Waals surface area contributed by atoms with E-state index < -0.39 is 47.0 Å². The van der Waals surface area contributed by atoms with Crippen LogP contribution >= 0.6 is 0 Å². The quantitative estimate of drug-likeness (QED) is 0.417. The lowest BCUT2D eigenvalue weighted by molar-refractivity contribution is -1.03. The minimum atomic E-state index is -4.64. The van der Waals surface area contributed by atoms with Crippen molar-refractivity contribution >= 4 is 10.1 Å². The van der Waals surface area contributed by atoms with E-state index in [9.17, 15) is 21.6 Å². The van der Waals surface area contributed by atoms with Crippen molar-refractivity contribution in [1.29, 1.82) is 0 Å². The number of benzene rings is 3. The van der Waals surface area contributed by atoms with Crippen molar-refractivity contribution in [3.63, 3.8) is 0 Å². The van der Waals surface area contributed by atoms with E-state index in [1.165, 1.54) is 0 Å². The number of hydrogen-bond donors (Lipinski definition) is 0. The Bertz CT molecular complexity index is 1080. The topological polar surface area (TPSA) is 43.4 Å². The van der Waals surface area contributed by atoms with E-state index >= 15 is 0 Å². The Morgan fingerprint density at radius 1 is 0.806 bits per heavy atom. The molecule has 31 heavy (non-hydrogen) atoms. The molecule has 0 bridgehead atoms. The van der Waals surface area contributed by atoms with Gasteiger partial charge < -0.3 is 0 Å². The highest BCUT2D eigenvalue weighted by molar-refractivity contribution is 7.86. The van der Waals surface area contributed by atoms with Crippen LogP contribution in [0.2, 0.25) is 0 Å². The third-order valence-electron chi connectivity index (χ3n) is 4.64. The summed E-state index contributed by atoms with van der Waals surface area (Å²) in [7, 11) is -4.40. The molecule has 0 fully saturated rings. The Morgan fingerprint density at radius 3 is 1.71 bits per heavy atom. The van der Waals surface area contributed by atoms with Crippen molar-refractivity contribution in [3.8, 4) is 0 Å². The second kappa shape index (κ2) is 9.70. The molecular formula is C23H22F3IO3S+. The van der Waals surface area contributed by atoms with E-state index in [-0.39, 0.29) is 0 Å². The first kappa shape index (κ1) is 23.7. The van der Waals surface area contributed by atoms with Crippen molar-refractivity contribution in [1.82, 2.24) is 0 Å². The van der Waals surface area contributed by atoms with Gasteiger partial charge in [0.15, 0.2) is 7.14 Å². The first-order valence-electron chi connectivity index (χ1n) is 9.64. The standard InChI is InChI=1S/C23H22F3IO3S/c1-3-17-8-12-20(13-9-17)27(21-14-10-18(4-2)11-15-21)30-31(28,29)22-7-5-6-19(16-22)23(24,25)26/h5-16H,3-4H2,1-2H3/q+1. The van der Waals surface area contributed by atoms with Crippen LogP contribution in [-0.4, -0.2) is 8.42 Å². The molecule has 0 unspecified atom stereocenters. The summed E-state index contributed by atoms with van der Waals surface area (Å²) in [6, 6.07) is 18.7. The molecule has 165 valence electrons. The highest BCUT2D eigenvalue weighted by atomic mass is 127. The number of alkyl halides is 3. The van der Waals surface area contributed by atoms with Gasteiger partial charge in [0, 0.05) is 0 Å². The van der Waals surface area contributed by atoms with E-state index in [0.717, 1.165) is 49.3 Å². The van der Waals surface area contributed by atoms with Gasteiger partial charge >= 0.3 is 36.5 Å². The maximum atomic E-state index is 13.1. The molecule has 1 radical (unpaired) electrons. The average molecular weight is 562 g/mol. The minimum absolute atomic E-state index is 0.500. The van der Waals surface area contributed by atoms with Gasteiger partial charge in [-0.1, -0.05) is 44.2 Å². The van der Waals surface area contributed by atoms with Crippen LogP contribution in [0, 0.1) is 7.14 Å². The molecule has 0 amide bonds. The Kier molecular flexibility index (Phi) is 7.43. The van der Waals surface area contributed by atoms with Crippen LogP contribution in [0.3, 0.4) is 0 Å². The van der Waals surface area contributed by atoms with Crippen LogP contribution in [0.15, 0.2) is 77.7 Å². The summed E-state index contributed by atoms with van der Waals surface area (Å²) < 4.78 is 72.3. The van der Waals surface area contributed by atoms with Crippen molar-refractivity contribution in [3.05, 3.63) is 96.6 Å². The molecule has 0 saturated heterocycles. The van der Waals surface area contributed by atoms with Crippen LogP contribution in [0.25, 0.3) is 0 Å². The van der Waals surface area contributed by atoms with Crippen molar-refractivity contribution in [2.45, 2.75) is 37.8 Å². The summed E-state index contributed by atoms with van der Waals surface area (Å²) in [6.07, 6.45) is -2.97. The number of aryl methyl sites for hydroxylation is 2. The van der Waals surface area contributed by atoms with E-state index in [4.69, 9.17) is 2.51 Å². The van der Waals surface area contributed by atoms with Gasteiger partial charge in [0.1, 0.15) is 0 Å². The predicted octanol–water partition coefficient (Wildman–Crippen LogP) is 2.81. The van der Waals surface area contributed by atoms with Gasteiger partial charge in [-0.2, -0.15) is 21.6 Å². The number of halogens is 4. The van der Waals surface area contributed by atoms with Crippen LogP contribution < -0.4 is 20.2 Å². The molecule has 0 atom stereocenters. The highest BCUT2D eigenvalue weighted by Gasteiger charge is 2.39. The summed E-state index contributed by atoms with van der Waals surface area (Å²) in [5, 5.41) is 0. The van der Waals surface area contributed by atoms with Crippen molar-refractivity contribution in [2.24, 2.45) is 0 Å². The molecule has 0 aliphatic rings. The predicted molar refractivity (Wildman–Crippen MR) is 109 cm³/mol. The van der Waals surface area contributed by atoms with Gasteiger partial charge in [-0.25, -0.2) is 0 Å². The lowest BCUT2D eigenvalue weighted by Crippen LogP contribution is -3.85. The summed E-state index contributed by atoms with van der Waals surface area (Å²) in [6.45, 7) is 4.03. The van der Waals surface area contributed by atoms with Crippen molar-refractivity contribution < 1.29 is 44.3 Å². The third-order valence-corrected chi connectivity index (χ3v) is 12.0. The van der Waals surface area contributed by atoms with Crippen LogP contribution in [0.1, 0.15) is 30.5 Å². The van der Waals surface area contributed by atoms with E-state index in [2.05, 4.69) is 0 Å². The molecule has 0 heterocycles. The van der Waals surface area contributed by atoms with Gasteiger partial charge in [-0.15, -0.1) is 0 Å². The SMILES string of the molecule is CCc1ccc([I+](OS(=O)(=O)c2cccc(C(F)(F)F)c2)c2ccc(CC)cc2)cc1. The van der Waals surface area contributed by atoms with Crippen LogP contribution in [0.5, 0.6) is 0 Å². The summed E-state index contributed by atoms with van der Waals surface area (Å²) in [5.41, 5.74) is 1.17. The fraction of sp³-hybridized carbons (Fsp3) is 0.217. The molecule has 0 N–H and O–H groups in total. The molecule has 0 aromatic heterocycles. The molecular weight excluding hydrogens is 540 g/mol. The smallest absolute Gasteiger partial charge is 0.190 e. The maximum absolute atomic E-state index is 13.1. The molecule has 0 aliphatic carbocycles. The van der Waals surface area contributed by atoms with Crippen LogP contribution in [0.4, 0.5) is 13.2 Å². The first-order chi connectivity index (χ1) is 14.6. The molecule has 3 aromatic rings. The van der Waals surface area contributed by atoms with Gasteiger partial charge in [0.05, 0.1) is 10.5 Å². The zero-order valence-corrected chi connectivity index (χ0v) is 20.0. The zero-order valence-electron chi connectivity index (χ0n) is 17.0. The molecule has 3 rings (SSSR count). The fourth-order valence-electron chi connectivity index (χ4n) is 2.82. The van der Waals surface area contributed by atoms with Crippen LogP contribution in [-0.2, 0) is 31.6 Å². The summed E-state index contributed by atoms with van der Waals surface area (Å²) in [4.78, 5) is -0.500. The average Bonchev–Trinajstić information content (AvgIpc) is 2.77. The lowest BCUT2D eigenvalue weighted by Gasteiger charge is -2.10. The Balaban J connectivity index is 2.02. The summed E-state index contributed by atoms with van der Waals surface area (Å²) >= 11 is -2.96. The molecule has 3 aromatic carbocycles. The molecule has 8 heteroatoms. The Hall–Kier alpha value is -1.91. The fourth-order valence-corrected chi connectivity index (χ4v) is 9.75. The second-order valence-corrected chi connectivity index (χ2v) is 13.2. The molecule has 0 saturated carbocycles. The molecule has 0 spiro atoms. The number of hydrogen-bond acceptors (Lipinski definition) is 3. The second-order valence-electron chi connectivity index (χ2n) is 6.75. The molecule has 0 aliphatic heterocycles.